The zero-order valence-corrected chi connectivity index (χ0v) is 11.9. The molecule has 0 amide bonds. The van der Waals surface area contributed by atoms with Crippen molar-refractivity contribution in [2.24, 2.45) is 11.7 Å². The molecule has 3 atom stereocenters. The molecule has 0 radical (unpaired) electrons. The fourth-order valence-corrected chi connectivity index (χ4v) is 2.71. The van der Waals surface area contributed by atoms with Crippen LogP contribution in [0.3, 0.4) is 0 Å². The monoisotopic (exact) mass is 284 g/mol. The minimum absolute atomic E-state index is 0.172. The number of rotatable bonds is 4. The summed E-state index contributed by atoms with van der Waals surface area (Å²) >= 11 is 0. The molecule has 1 heterocycles. The van der Waals surface area contributed by atoms with Crippen LogP contribution in [-0.4, -0.2) is 30.6 Å². The third-order valence-corrected chi connectivity index (χ3v) is 4.12. The van der Waals surface area contributed by atoms with E-state index in [0.717, 1.165) is 25.1 Å². The highest BCUT2D eigenvalue weighted by atomic mass is 19.3. The van der Waals surface area contributed by atoms with Gasteiger partial charge >= 0.3 is 6.61 Å². The molecule has 1 aromatic carbocycles. The van der Waals surface area contributed by atoms with Crippen LogP contribution in [0.5, 0.6) is 5.75 Å². The summed E-state index contributed by atoms with van der Waals surface area (Å²) in [7, 11) is 0. The van der Waals surface area contributed by atoms with Crippen LogP contribution in [0.2, 0.25) is 0 Å². The molecule has 1 fully saturated rings. The van der Waals surface area contributed by atoms with E-state index in [0.29, 0.717) is 5.92 Å². The zero-order valence-electron chi connectivity index (χ0n) is 11.9. The Kier molecular flexibility index (Phi) is 4.94. The number of alkyl halides is 2. The maximum absolute atomic E-state index is 12.3. The van der Waals surface area contributed by atoms with Crippen LogP contribution in [0.15, 0.2) is 24.3 Å². The Hall–Kier alpha value is -1.20. The molecular formula is C15H22F2N2O. The number of ether oxygens (including phenoxy) is 1. The summed E-state index contributed by atoms with van der Waals surface area (Å²) in [6.45, 7) is 3.33. The fourth-order valence-electron chi connectivity index (χ4n) is 2.71. The SMILES string of the molecule is CC1CN(C(C)c2cccc(OC(F)F)c2)CCC1N. The van der Waals surface area contributed by atoms with Gasteiger partial charge in [0.15, 0.2) is 0 Å². The van der Waals surface area contributed by atoms with Gasteiger partial charge in [-0.2, -0.15) is 8.78 Å². The molecule has 2 rings (SSSR count). The van der Waals surface area contributed by atoms with E-state index in [9.17, 15) is 8.78 Å². The molecular weight excluding hydrogens is 262 g/mol. The second-order valence-corrected chi connectivity index (χ2v) is 5.55. The third-order valence-electron chi connectivity index (χ3n) is 4.12. The first-order chi connectivity index (χ1) is 9.47. The number of nitrogens with zero attached hydrogens (tertiary/aromatic N) is 1. The van der Waals surface area contributed by atoms with Gasteiger partial charge in [-0.05, 0) is 37.0 Å². The average Bonchev–Trinajstić information content (AvgIpc) is 2.40. The Morgan fingerprint density at radius 1 is 1.40 bits per heavy atom. The van der Waals surface area contributed by atoms with Crippen LogP contribution >= 0.6 is 0 Å². The number of hydrogen-bond acceptors (Lipinski definition) is 3. The smallest absolute Gasteiger partial charge is 0.387 e. The largest absolute Gasteiger partial charge is 0.435 e. The summed E-state index contributed by atoms with van der Waals surface area (Å²) in [6, 6.07) is 7.37. The van der Waals surface area contributed by atoms with Crippen molar-refractivity contribution >= 4 is 0 Å². The summed E-state index contributed by atoms with van der Waals surface area (Å²) in [5.74, 6) is 0.665. The van der Waals surface area contributed by atoms with E-state index in [1.807, 2.05) is 6.07 Å². The molecule has 1 aliphatic heterocycles. The van der Waals surface area contributed by atoms with E-state index in [4.69, 9.17) is 5.73 Å². The van der Waals surface area contributed by atoms with E-state index in [1.54, 1.807) is 18.2 Å². The van der Waals surface area contributed by atoms with Crippen molar-refractivity contribution in [3.63, 3.8) is 0 Å². The van der Waals surface area contributed by atoms with Gasteiger partial charge < -0.3 is 10.5 Å². The van der Waals surface area contributed by atoms with Gasteiger partial charge in [0.2, 0.25) is 0 Å². The topological polar surface area (TPSA) is 38.5 Å². The third kappa shape index (κ3) is 3.67. The first kappa shape index (κ1) is 15.2. The molecule has 1 aromatic rings. The Bertz CT molecular complexity index is 442. The highest BCUT2D eigenvalue weighted by molar-refractivity contribution is 5.30. The van der Waals surface area contributed by atoms with Gasteiger partial charge in [0.1, 0.15) is 5.75 Å². The van der Waals surface area contributed by atoms with E-state index in [1.165, 1.54) is 0 Å². The molecule has 3 nitrogen and oxygen atoms in total. The molecule has 5 heteroatoms. The van der Waals surface area contributed by atoms with Crippen molar-refractivity contribution in [3.8, 4) is 5.75 Å². The van der Waals surface area contributed by atoms with Crippen molar-refractivity contribution < 1.29 is 13.5 Å². The Morgan fingerprint density at radius 2 is 2.15 bits per heavy atom. The standard InChI is InChI=1S/C15H22F2N2O/c1-10-9-19(7-6-14(10)18)11(2)12-4-3-5-13(8-12)20-15(16)17/h3-5,8,10-11,14-15H,6-7,9,18H2,1-2H3. The van der Waals surface area contributed by atoms with Crippen LogP contribution in [0.1, 0.15) is 31.9 Å². The van der Waals surface area contributed by atoms with Crippen LogP contribution in [0.25, 0.3) is 0 Å². The Morgan fingerprint density at radius 3 is 2.80 bits per heavy atom. The minimum Gasteiger partial charge on any atom is -0.435 e. The van der Waals surface area contributed by atoms with E-state index >= 15 is 0 Å². The molecule has 3 unspecified atom stereocenters. The maximum atomic E-state index is 12.3. The summed E-state index contributed by atoms with van der Waals surface area (Å²) in [5.41, 5.74) is 7.02. The zero-order chi connectivity index (χ0) is 14.7. The lowest BCUT2D eigenvalue weighted by Crippen LogP contribution is -2.46. The molecule has 0 aliphatic carbocycles. The fraction of sp³-hybridized carbons (Fsp3) is 0.600. The van der Waals surface area contributed by atoms with Crippen molar-refractivity contribution in [2.75, 3.05) is 13.1 Å². The predicted molar refractivity (Wildman–Crippen MR) is 74.8 cm³/mol. The highest BCUT2D eigenvalue weighted by Gasteiger charge is 2.26. The van der Waals surface area contributed by atoms with Gasteiger partial charge in [-0.15, -0.1) is 0 Å². The first-order valence-electron chi connectivity index (χ1n) is 7.01. The lowest BCUT2D eigenvalue weighted by Gasteiger charge is -2.39. The van der Waals surface area contributed by atoms with Crippen molar-refractivity contribution in [2.45, 2.75) is 39.0 Å². The molecule has 0 spiro atoms. The Balaban J connectivity index is 2.07. The van der Waals surface area contributed by atoms with Gasteiger partial charge in [0.25, 0.3) is 0 Å². The average molecular weight is 284 g/mol. The number of hydrogen-bond donors (Lipinski definition) is 1. The van der Waals surface area contributed by atoms with Gasteiger partial charge in [-0.25, -0.2) is 0 Å². The number of likely N-dealkylation sites (tertiary alicyclic amines) is 1. The Labute approximate surface area is 118 Å². The van der Waals surface area contributed by atoms with Crippen LogP contribution in [0, 0.1) is 5.92 Å². The summed E-state index contributed by atoms with van der Waals surface area (Å²) in [4.78, 5) is 2.34. The van der Waals surface area contributed by atoms with Crippen LogP contribution in [-0.2, 0) is 0 Å². The number of piperidine rings is 1. The quantitative estimate of drug-likeness (QED) is 0.923. The molecule has 1 aliphatic rings. The number of halogens is 2. The summed E-state index contributed by atoms with van der Waals surface area (Å²) in [5, 5.41) is 0. The maximum Gasteiger partial charge on any atom is 0.387 e. The molecule has 112 valence electrons. The molecule has 20 heavy (non-hydrogen) atoms. The summed E-state index contributed by atoms with van der Waals surface area (Å²) < 4.78 is 29.0. The second kappa shape index (κ2) is 6.50. The second-order valence-electron chi connectivity index (χ2n) is 5.55. The lowest BCUT2D eigenvalue weighted by molar-refractivity contribution is -0.0499. The minimum atomic E-state index is -2.78. The molecule has 0 aromatic heterocycles. The van der Waals surface area contributed by atoms with Gasteiger partial charge in [-0.3, -0.25) is 4.90 Å². The van der Waals surface area contributed by atoms with E-state index < -0.39 is 6.61 Å². The normalized spacial score (nSPS) is 25.7. The van der Waals surface area contributed by atoms with Gasteiger partial charge in [0, 0.05) is 25.2 Å². The molecule has 0 saturated carbocycles. The molecule has 2 N–H and O–H groups in total. The highest BCUT2D eigenvalue weighted by Crippen LogP contribution is 2.28. The molecule has 1 saturated heterocycles. The van der Waals surface area contributed by atoms with Gasteiger partial charge in [-0.1, -0.05) is 19.1 Å². The van der Waals surface area contributed by atoms with E-state index in [2.05, 4.69) is 23.5 Å². The van der Waals surface area contributed by atoms with Crippen LogP contribution < -0.4 is 10.5 Å². The number of nitrogens with two attached hydrogens (primary N) is 1. The van der Waals surface area contributed by atoms with Gasteiger partial charge in [0.05, 0.1) is 0 Å². The number of benzene rings is 1. The van der Waals surface area contributed by atoms with Crippen molar-refractivity contribution in [1.29, 1.82) is 0 Å². The predicted octanol–water partition coefficient (Wildman–Crippen LogP) is 3.02. The summed E-state index contributed by atoms with van der Waals surface area (Å²) in [6.07, 6.45) is 0.971. The first-order valence-corrected chi connectivity index (χ1v) is 7.01. The lowest BCUT2D eigenvalue weighted by atomic mass is 9.92. The van der Waals surface area contributed by atoms with Crippen molar-refractivity contribution in [1.82, 2.24) is 4.90 Å². The van der Waals surface area contributed by atoms with Crippen molar-refractivity contribution in [3.05, 3.63) is 29.8 Å². The molecule has 0 bridgehead atoms. The van der Waals surface area contributed by atoms with Crippen LogP contribution in [0.4, 0.5) is 8.78 Å². The van der Waals surface area contributed by atoms with E-state index in [-0.39, 0.29) is 17.8 Å².